The zero-order valence-electron chi connectivity index (χ0n) is 17.9. The molecule has 1 aliphatic rings. The Morgan fingerprint density at radius 1 is 1.14 bits per heavy atom. The molecular formula is C21H33ClN2O4S. The molecule has 0 atom stereocenters. The molecule has 0 amide bonds. The first-order chi connectivity index (χ1) is 12.7. The third kappa shape index (κ3) is 5.32. The van der Waals surface area contributed by atoms with E-state index in [4.69, 9.17) is 4.98 Å². The first-order valence-corrected chi connectivity index (χ1v) is 11.5. The van der Waals surface area contributed by atoms with E-state index in [0.717, 1.165) is 37.0 Å². The summed E-state index contributed by atoms with van der Waals surface area (Å²) in [7, 11) is -3.63. The van der Waals surface area contributed by atoms with Crippen molar-refractivity contribution in [3.05, 3.63) is 24.0 Å². The monoisotopic (exact) mass is 444 g/mol. The van der Waals surface area contributed by atoms with Gasteiger partial charge in [-0.2, -0.15) is 0 Å². The zero-order valence-corrected chi connectivity index (χ0v) is 19.5. The van der Waals surface area contributed by atoms with E-state index in [2.05, 4.69) is 20.8 Å². The highest BCUT2D eigenvalue weighted by atomic mass is 35.5. The van der Waals surface area contributed by atoms with Gasteiger partial charge < -0.3 is 14.8 Å². The Hall–Kier alpha value is -1.15. The lowest BCUT2D eigenvalue weighted by atomic mass is 9.94. The maximum absolute atomic E-state index is 12.7. The highest BCUT2D eigenvalue weighted by Crippen LogP contribution is 2.35. The second-order valence-corrected chi connectivity index (χ2v) is 11.9. The summed E-state index contributed by atoms with van der Waals surface area (Å²) in [5, 5.41) is 20.9. The van der Waals surface area contributed by atoms with Crippen LogP contribution in [-0.2, 0) is 21.8 Å². The van der Waals surface area contributed by atoms with Crippen LogP contribution in [0.1, 0.15) is 66.1 Å². The number of imidazole rings is 1. The molecule has 164 valence electrons. The molecule has 1 fully saturated rings. The van der Waals surface area contributed by atoms with Crippen LogP contribution in [0.15, 0.2) is 23.1 Å². The van der Waals surface area contributed by atoms with Crippen LogP contribution >= 0.6 is 12.4 Å². The van der Waals surface area contributed by atoms with Crippen molar-refractivity contribution in [3.63, 3.8) is 0 Å². The number of hydrogen-bond donors (Lipinski definition) is 2. The summed E-state index contributed by atoms with van der Waals surface area (Å²) in [6.07, 6.45) is 3.59. The lowest BCUT2D eigenvalue weighted by molar-refractivity contribution is 0.0296. The fourth-order valence-corrected chi connectivity index (χ4v) is 5.73. The summed E-state index contributed by atoms with van der Waals surface area (Å²) in [6, 6.07) is 4.93. The number of rotatable bonds is 5. The van der Waals surface area contributed by atoms with Crippen molar-refractivity contribution in [3.8, 4) is 0 Å². The molecule has 3 rings (SSSR count). The van der Waals surface area contributed by atoms with Gasteiger partial charge in [-0.25, -0.2) is 13.4 Å². The van der Waals surface area contributed by atoms with E-state index in [1.165, 1.54) is 13.8 Å². The summed E-state index contributed by atoms with van der Waals surface area (Å²) in [4.78, 5) is 4.91. The smallest absolute Gasteiger partial charge is 0.181 e. The van der Waals surface area contributed by atoms with Crippen LogP contribution in [-0.4, -0.2) is 45.1 Å². The number of aromatic nitrogens is 2. The van der Waals surface area contributed by atoms with Crippen LogP contribution in [0, 0.1) is 0 Å². The van der Waals surface area contributed by atoms with E-state index in [-0.39, 0.29) is 28.5 Å². The van der Waals surface area contributed by atoms with E-state index in [1.807, 2.05) is 4.57 Å². The molecule has 0 bridgehead atoms. The predicted molar refractivity (Wildman–Crippen MR) is 117 cm³/mol. The number of fused-ring (bicyclic) bond motifs is 1. The predicted octanol–water partition coefficient (Wildman–Crippen LogP) is 3.61. The topological polar surface area (TPSA) is 92.4 Å². The minimum Gasteiger partial charge on any atom is -0.389 e. The van der Waals surface area contributed by atoms with Gasteiger partial charge in [-0.15, -0.1) is 12.4 Å². The lowest BCUT2D eigenvalue weighted by Crippen LogP contribution is -2.33. The van der Waals surface area contributed by atoms with E-state index < -0.39 is 21.0 Å². The molecule has 29 heavy (non-hydrogen) atoms. The van der Waals surface area contributed by atoms with Gasteiger partial charge in [0.05, 0.1) is 39.4 Å². The molecule has 0 saturated heterocycles. The standard InChI is InChI=1S/C21H32N2O4S.ClH/c1-19(2,3)18-22-16-12-15(28(26,27)14-20(4,5)24)8-9-17(16)23(18)13-21(25)10-6-7-11-21;/h8-9,12,24-25H,6-7,10-11,13-14H2,1-5H3;1H. The molecule has 0 radical (unpaired) electrons. The fourth-order valence-electron chi connectivity index (χ4n) is 4.07. The molecule has 1 aliphatic carbocycles. The van der Waals surface area contributed by atoms with E-state index in [0.29, 0.717) is 12.1 Å². The molecule has 1 saturated carbocycles. The summed E-state index contributed by atoms with van der Waals surface area (Å²) < 4.78 is 27.4. The van der Waals surface area contributed by atoms with Gasteiger partial charge in [0.1, 0.15) is 5.82 Å². The van der Waals surface area contributed by atoms with Gasteiger partial charge in [-0.3, -0.25) is 0 Å². The van der Waals surface area contributed by atoms with Gasteiger partial charge in [0, 0.05) is 5.41 Å². The van der Waals surface area contributed by atoms with Crippen LogP contribution in [0.3, 0.4) is 0 Å². The Morgan fingerprint density at radius 2 is 1.72 bits per heavy atom. The highest BCUT2D eigenvalue weighted by molar-refractivity contribution is 7.91. The summed E-state index contributed by atoms with van der Waals surface area (Å²) in [6.45, 7) is 9.63. The summed E-state index contributed by atoms with van der Waals surface area (Å²) in [5.41, 5.74) is -0.870. The number of sulfone groups is 1. The van der Waals surface area contributed by atoms with Crippen LogP contribution in [0.2, 0.25) is 0 Å². The van der Waals surface area contributed by atoms with E-state index in [9.17, 15) is 18.6 Å². The molecule has 0 unspecified atom stereocenters. The van der Waals surface area contributed by atoms with Crippen LogP contribution in [0.25, 0.3) is 11.0 Å². The first kappa shape index (κ1) is 24.1. The van der Waals surface area contributed by atoms with Crippen molar-refractivity contribution < 1.29 is 18.6 Å². The second-order valence-electron chi connectivity index (χ2n) is 9.93. The average Bonchev–Trinajstić information content (AvgIpc) is 3.09. The fraction of sp³-hybridized carbons (Fsp3) is 0.667. The number of aliphatic hydroxyl groups is 2. The maximum Gasteiger partial charge on any atom is 0.181 e. The van der Waals surface area contributed by atoms with Crippen molar-refractivity contribution in [2.75, 3.05) is 5.75 Å². The quantitative estimate of drug-likeness (QED) is 0.734. The van der Waals surface area contributed by atoms with E-state index in [1.54, 1.807) is 18.2 Å². The summed E-state index contributed by atoms with van der Waals surface area (Å²) >= 11 is 0. The second kappa shape index (κ2) is 7.84. The summed E-state index contributed by atoms with van der Waals surface area (Å²) in [5.74, 6) is 0.484. The van der Waals surface area contributed by atoms with Crippen molar-refractivity contribution >= 4 is 33.3 Å². The molecule has 1 aromatic heterocycles. The third-order valence-electron chi connectivity index (χ3n) is 5.28. The lowest BCUT2D eigenvalue weighted by Gasteiger charge is -2.27. The zero-order chi connectivity index (χ0) is 21.0. The molecule has 2 N–H and O–H groups in total. The Balaban J connectivity index is 0.00000300. The minimum absolute atomic E-state index is 0. The highest BCUT2D eigenvalue weighted by Gasteiger charge is 2.35. The maximum atomic E-state index is 12.7. The van der Waals surface area contributed by atoms with Gasteiger partial charge >= 0.3 is 0 Å². The van der Waals surface area contributed by atoms with Crippen molar-refractivity contribution in [1.29, 1.82) is 0 Å². The largest absolute Gasteiger partial charge is 0.389 e. The van der Waals surface area contributed by atoms with Gasteiger partial charge in [0.25, 0.3) is 0 Å². The SMILES string of the molecule is CC(C)(O)CS(=O)(=O)c1ccc2c(c1)nc(C(C)(C)C)n2CC1(O)CCCC1.Cl. The molecular weight excluding hydrogens is 412 g/mol. The molecule has 2 aromatic rings. The Morgan fingerprint density at radius 3 is 2.24 bits per heavy atom. The van der Waals surface area contributed by atoms with Gasteiger partial charge in [-0.1, -0.05) is 33.6 Å². The normalized spacial score (nSPS) is 17.5. The molecule has 6 nitrogen and oxygen atoms in total. The third-order valence-corrected chi connectivity index (χ3v) is 7.34. The van der Waals surface area contributed by atoms with Crippen molar-refractivity contribution in [2.24, 2.45) is 0 Å². The Labute approximate surface area is 179 Å². The molecule has 1 heterocycles. The van der Waals surface area contributed by atoms with Crippen molar-refractivity contribution in [2.45, 2.75) is 88.4 Å². The van der Waals surface area contributed by atoms with Crippen LogP contribution in [0.4, 0.5) is 0 Å². The Kier molecular flexibility index (Phi) is 6.52. The van der Waals surface area contributed by atoms with Crippen molar-refractivity contribution in [1.82, 2.24) is 9.55 Å². The molecule has 0 aliphatic heterocycles. The number of hydrogen-bond acceptors (Lipinski definition) is 5. The molecule has 8 heteroatoms. The number of benzene rings is 1. The number of halogens is 1. The Bertz CT molecular complexity index is 979. The number of nitrogens with zero attached hydrogens (tertiary/aromatic N) is 2. The van der Waals surface area contributed by atoms with Gasteiger partial charge in [0.15, 0.2) is 9.84 Å². The van der Waals surface area contributed by atoms with E-state index >= 15 is 0 Å². The first-order valence-electron chi connectivity index (χ1n) is 9.89. The van der Waals surface area contributed by atoms with Crippen LogP contribution in [0.5, 0.6) is 0 Å². The molecule has 1 aromatic carbocycles. The van der Waals surface area contributed by atoms with Gasteiger partial charge in [-0.05, 0) is 44.9 Å². The minimum atomic E-state index is -3.63. The average molecular weight is 445 g/mol. The molecule has 0 spiro atoms. The van der Waals surface area contributed by atoms with Gasteiger partial charge in [0.2, 0.25) is 0 Å². The van der Waals surface area contributed by atoms with Crippen LogP contribution < -0.4 is 0 Å².